The highest BCUT2D eigenvalue weighted by atomic mass is 16.4. The maximum atomic E-state index is 10.9. The molecule has 0 saturated carbocycles. The number of aromatic nitrogens is 1. The summed E-state index contributed by atoms with van der Waals surface area (Å²) < 4.78 is 5.34. The van der Waals surface area contributed by atoms with Crippen LogP contribution in [0, 0.1) is 12.3 Å². The number of carboxylic acid groups (broad SMARTS) is 1. The molecule has 0 radical (unpaired) electrons. The lowest BCUT2D eigenvalue weighted by atomic mass is 10.2. The van der Waals surface area contributed by atoms with Crippen molar-refractivity contribution in [3.05, 3.63) is 24.3 Å². The van der Waals surface area contributed by atoms with Crippen LogP contribution in [-0.2, 0) is 4.79 Å². The fraction of sp³-hybridized carbons (Fsp3) is 0.167. The van der Waals surface area contributed by atoms with Crippen molar-refractivity contribution in [2.45, 2.75) is 12.5 Å². The molecule has 86 valence electrons. The maximum absolute atomic E-state index is 10.9. The summed E-state index contributed by atoms with van der Waals surface area (Å²) in [5.74, 6) is 1.25. The maximum Gasteiger partial charge on any atom is 0.327 e. The number of nitrogens with zero attached hydrogens (tertiary/aromatic N) is 1. The minimum atomic E-state index is -1.04. The molecule has 5 heteroatoms. The average Bonchev–Trinajstić information content (AvgIpc) is 2.70. The van der Waals surface area contributed by atoms with Gasteiger partial charge >= 0.3 is 5.97 Å². The van der Waals surface area contributed by atoms with E-state index in [4.69, 9.17) is 15.9 Å². The topological polar surface area (TPSA) is 75.4 Å². The van der Waals surface area contributed by atoms with E-state index >= 15 is 0 Å². The van der Waals surface area contributed by atoms with Gasteiger partial charge in [-0.1, -0.05) is 12.1 Å². The molecule has 1 unspecified atom stereocenters. The smallest absolute Gasteiger partial charge is 0.327 e. The first-order valence-corrected chi connectivity index (χ1v) is 4.99. The third kappa shape index (κ3) is 2.37. The number of hydrogen-bond acceptors (Lipinski definition) is 4. The molecule has 0 bridgehead atoms. The van der Waals surface area contributed by atoms with Crippen LogP contribution >= 0.6 is 0 Å². The number of oxazole rings is 1. The van der Waals surface area contributed by atoms with Crippen molar-refractivity contribution < 1.29 is 14.3 Å². The second-order valence-electron chi connectivity index (χ2n) is 3.43. The Labute approximate surface area is 97.5 Å². The van der Waals surface area contributed by atoms with E-state index in [2.05, 4.69) is 16.2 Å². The van der Waals surface area contributed by atoms with Gasteiger partial charge in [0.25, 0.3) is 6.01 Å². The summed E-state index contributed by atoms with van der Waals surface area (Å²) in [6, 6.07) is 6.44. The lowest BCUT2D eigenvalue weighted by Crippen LogP contribution is -2.28. The van der Waals surface area contributed by atoms with Crippen LogP contribution in [0.3, 0.4) is 0 Å². The molecule has 5 nitrogen and oxygen atoms in total. The van der Waals surface area contributed by atoms with E-state index in [1.54, 1.807) is 12.1 Å². The Balaban J connectivity index is 2.22. The lowest BCUT2D eigenvalue weighted by molar-refractivity contribution is -0.137. The molecule has 0 spiro atoms. The number of para-hydroxylation sites is 2. The quantitative estimate of drug-likeness (QED) is 0.782. The molecule has 1 atom stereocenters. The number of terminal acetylenes is 1. The Kier molecular flexibility index (Phi) is 2.97. The van der Waals surface area contributed by atoms with Gasteiger partial charge in [-0.05, 0) is 12.1 Å². The van der Waals surface area contributed by atoms with Gasteiger partial charge in [-0.2, -0.15) is 4.98 Å². The Hall–Kier alpha value is -2.48. The monoisotopic (exact) mass is 230 g/mol. The third-order valence-corrected chi connectivity index (χ3v) is 2.21. The van der Waals surface area contributed by atoms with Crippen LogP contribution in [0.25, 0.3) is 11.1 Å². The minimum absolute atomic E-state index is 0.0636. The summed E-state index contributed by atoms with van der Waals surface area (Å²) in [6.45, 7) is 0. The van der Waals surface area contributed by atoms with Crippen molar-refractivity contribution >= 4 is 23.1 Å². The van der Waals surface area contributed by atoms with E-state index in [1.807, 2.05) is 12.1 Å². The highest BCUT2D eigenvalue weighted by Gasteiger charge is 2.18. The van der Waals surface area contributed by atoms with Crippen molar-refractivity contribution in [2.24, 2.45) is 0 Å². The Morgan fingerprint density at radius 1 is 1.59 bits per heavy atom. The number of anilines is 1. The molecule has 1 aromatic carbocycles. The highest BCUT2D eigenvalue weighted by molar-refractivity contribution is 5.78. The fourth-order valence-electron chi connectivity index (χ4n) is 1.40. The molecule has 17 heavy (non-hydrogen) atoms. The summed E-state index contributed by atoms with van der Waals surface area (Å²) in [5, 5.41) is 11.6. The predicted molar refractivity (Wildman–Crippen MR) is 62.5 cm³/mol. The molecular weight excluding hydrogens is 220 g/mol. The van der Waals surface area contributed by atoms with Gasteiger partial charge in [0.15, 0.2) is 5.58 Å². The van der Waals surface area contributed by atoms with E-state index < -0.39 is 12.0 Å². The number of benzene rings is 1. The molecular formula is C12H10N2O3. The van der Waals surface area contributed by atoms with Gasteiger partial charge < -0.3 is 14.8 Å². The van der Waals surface area contributed by atoms with Crippen molar-refractivity contribution in [3.8, 4) is 12.3 Å². The minimum Gasteiger partial charge on any atom is -0.480 e. The summed E-state index contributed by atoms with van der Waals surface area (Å²) in [5.41, 5.74) is 1.26. The second-order valence-corrected chi connectivity index (χ2v) is 3.43. The van der Waals surface area contributed by atoms with Crippen molar-refractivity contribution in [1.29, 1.82) is 0 Å². The summed E-state index contributed by atoms with van der Waals surface area (Å²) in [4.78, 5) is 15.0. The normalized spacial score (nSPS) is 11.9. The van der Waals surface area contributed by atoms with Gasteiger partial charge in [0, 0.05) is 6.42 Å². The van der Waals surface area contributed by atoms with E-state index in [9.17, 15) is 4.79 Å². The van der Waals surface area contributed by atoms with E-state index in [1.165, 1.54) is 0 Å². The molecule has 0 aliphatic rings. The van der Waals surface area contributed by atoms with Crippen LogP contribution in [0.4, 0.5) is 6.01 Å². The van der Waals surface area contributed by atoms with Crippen molar-refractivity contribution in [2.75, 3.05) is 5.32 Å². The second kappa shape index (κ2) is 4.58. The average molecular weight is 230 g/mol. The summed E-state index contributed by atoms with van der Waals surface area (Å²) in [7, 11) is 0. The largest absolute Gasteiger partial charge is 0.480 e. The zero-order chi connectivity index (χ0) is 12.3. The molecule has 0 aliphatic carbocycles. The van der Waals surface area contributed by atoms with Gasteiger partial charge in [-0.3, -0.25) is 0 Å². The predicted octanol–water partition coefficient (Wildman–Crippen LogP) is 1.72. The number of nitrogens with one attached hydrogen (secondary N) is 1. The van der Waals surface area contributed by atoms with Gasteiger partial charge in [0.2, 0.25) is 0 Å². The Morgan fingerprint density at radius 3 is 3.00 bits per heavy atom. The van der Waals surface area contributed by atoms with Crippen LogP contribution in [0.5, 0.6) is 0 Å². The molecule has 2 rings (SSSR count). The van der Waals surface area contributed by atoms with Crippen molar-refractivity contribution in [1.82, 2.24) is 4.98 Å². The number of fused-ring (bicyclic) bond motifs is 1. The molecule has 1 heterocycles. The summed E-state index contributed by atoms with van der Waals surface area (Å²) >= 11 is 0. The molecule has 0 fully saturated rings. The highest BCUT2D eigenvalue weighted by Crippen LogP contribution is 2.18. The molecule has 2 aromatic rings. The van der Waals surface area contributed by atoms with Crippen LogP contribution in [0.2, 0.25) is 0 Å². The number of carboxylic acids is 1. The van der Waals surface area contributed by atoms with Gasteiger partial charge in [0.05, 0.1) is 0 Å². The zero-order valence-corrected chi connectivity index (χ0v) is 8.88. The molecule has 2 N–H and O–H groups in total. The van der Waals surface area contributed by atoms with Crippen LogP contribution < -0.4 is 5.32 Å². The Bertz CT molecular complexity index is 550. The number of aliphatic carboxylic acids is 1. The lowest BCUT2D eigenvalue weighted by Gasteiger charge is -2.08. The molecule has 0 saturated heterocycles. The first kappa shape index (κ1) is 11.0. The Morgan fingerprint density at radius 2 is 2.35 bits per heavy atom. The van der Waals surface area contributed by atoms with Crippen LogP contribution in [0.1, 0.15) is 6.42 Å². The molecule has 0 amide bonds. The van der Waals surface area contributed by atoms with Crippen molar-refractivity contribution in [3.63, 3.8) is 0 Å². The molecule has 1 aromatic heterocycles. The molecule has 0 aliphatic heterocycles. The van der Waals surface area contributed by atoms with Crippen LogP contribution in [0.15, 0.2) is 28.7 Å². The van der Waals surface area contributed by atoms with E-state index in [0.29, 0.717) is 11.1 Å². The SMILES string of the molecule is C#CCC(Nc1nc2ccccc2o1)C(=O)O. The van der Waals surface area contributed by atoms with Gasteiger partial charge in [0.1, 0.15) is 11.6 Å². The van der Waals surface area contributed by atoms with E-state index in [-0.39, 0.29) is 12.4 Å². The van der Waals surface area contributed by atoms with Crippen LogP contribution in [-0.4, -0.2) is 22.1 Å². The number of carbonyl (C=O) groups is 1. The van der Waals surface area contributed by atoms with E-state index in [0.717, 1.165) is 0 Å². The standard InChI is InChI=1S/C12H10N2O3/c1-2-5-9(11(15)16)14-12-13-8-6-3-4-7-10(8)17-12/h1,3-4,6-7,9H,5H2,(H,13,14)(H,15,16). The van der Waals surface area contributed by atoms with Gasteiger partial charge in [-0.25, -0.2) is 4.79 Å². The zero-order valence-electron chi connectivity index (χ0n) is 8.88. The van der Waals surface area contributed by atoms with Gasteiger partial charge in [-0.15, -0.1) is 12.3 Å². The first-order valence-electron chi connectivity index (χ1n) is 4.99. The number of rotatable bonds is 4. The number of hydrogen-bond donors (Lipinski definition) is 2. The summed E-state index contributed by atoms with van der Waals surface area (Å²) in [6.07, 6.45) is 5.16. The third-order valence-electron chi connectivity index (χ3n) is 2.21. The first-order chi connectivity index (χ1) is 8.20. The fourth-order valence-corrected chi connectivity index (χ4v) is 1.40.